The van der Waals surface area contributed by atoms with Gasteiger partial charge in [0.05, 0.1) is 0 Å². The van der Waals surface area contributed by atoms with Gasteiger partial charge in [0, 0.05) is 24.7 Å². The number of carbonyl (C=O) groups excluding carboxylic acids is 1. The molecule has 0 saturated heterocycles. The van der Waals surface area contributed by atoms with Crippen molar-refractivity contribution in [3.8, 4) is 0 Å². The molecule has 5 nitrogen and oxygen atoms in total. The first kappa shape index (κ1) is 14.2. The second kappa shape index (κ2) is 6.27. The van der Waals surface area contributed by atoms with Crippen LogP contribution in [0.25, 0.3) is 0 Å². The van der Waals surface area contributed by atoms with Crippen molar-refractivity contribution in [1.82, 2.24) is 10.0 Å². The zero-order valence-electron chi connectivity index (χ0n) is 10.6. The molecule has 2 N–H and O–H groups in total. The summed E-state index contributed by atoms with van der Waals surface area (Å²) in [5.74, 6) is -0.885. The Bertz CT molecular complexity index is 524. The van der Waals surface area contributed by atoms with Crippen LogP contribution in [0.1, 0.15) is 23.2 Å². The fraction of sp³-hybridized carbons (Fsp3) is 0.462. The van der Waals surface area contributed by atoms with Crippen LogP contribution in [0.4, 0.5) is 0 Å². The Labute approximate surface area is 113 Å². The second-order valence-corrected chi connectivity index (χ2v) is 6.48. The van der Waals surface area contributed by atoms with Crippen molar-refractivity contribution >= 4 is 15.8 Å². The van der Waals surface area contributed by atoms with Crippen LogP contribution >= 0.6 is 0 Å². The van der Waals surface area contributed by atoms with Gasteiger partial charge in [0.15, 0.2) is 5.78 Å². The molecular weight excluding hydrogens is 264 g/mol. The van der Waals surface area contributed by atoms with Crippen molar-refractivity contribution in [1.29, 1.82) is 0 Å². The minimum Gasteiger partial charge on any atom is -0.313 e. The number of nitrogens with one attached hydrogen (secondary N) is 2. The molecule has 0 amide bonds. The topological polar surface area (TPSA) is 75.3 Å². The van der Waals surface area contributed by atoms with Gasteiger partial charge in [-0.05, 0) is 12.8 Å². The zero-order valence-corrected chi connectivity index (χ0v) is 11.4. The van der Waals surface area contributed by atoms with E-state index in [9.17, 15) is 13.2 Å². The smallest absolute Gasteiger partial charge is 0.219 e. The second-order valence-electron chi connectivity index (χ2n) is 4.67. The highest BCUT2D eigenvalue weighted by Gasteiger charge is 2.21. The van der Waals surface area contributed by atoms with Gasteiger partial charge in [0.1, 0.15) is 5.75 Å². The first-order valence-corrected chi connectivity index (χ1v) is 8.01. The highest BCUT2D eigenvalue weighted by Crippen LogP contribution is 2.17. The molecule has 0 aromatic heterocycles. The van der Waals surface area contributed by atoms with E-state index in [1.807, 2.05) is 0 Å². The lowest BCUT2D eigenvalue weighted by atomic mass is 10.2. The molecule has 0 spiro atoms. The number of hydrogen-bond donors (Lipinski definition) is 2. The van der Waals surface area contributed by atoms with E-state index >= 15 is 0 Å². The van der Waals surface area contributed by atoms with E-state index in [1.54, 1.807) is 30.3 Å². The lowest BCUT2D eigenvalue weighted by Crippen LogP contribution is -2.35. The average molecular weight is 282 g/mol. The molecule has 1 aliphatic carbocycles. The molecule has 1 aromatic carbocycles. The minimum atomic E-state index is -3.55. The fourth-order valence-electron chi connectivity index (χ4n) is 1.70. The van der Waals surface area contributed by atoms with Gasteiger partial charge in [0.2, 0.25) is 10.0 Å². The highest BCUT2D eigenvalue weighted by molar-refractivity contribution is 7.90. The number of ketones is 1. The fourth-order valence-corrected chi connectivity index (χ4v) is 2.73. The Morgan fingerprint density at radius 2 is 1.84 bits per heavy atom. The number of benzene rings is 1. The van der Waals surface area contributed by atoms with Crippen LogP contribution in [0, 0.1) is 0 Å². The van der Waals surface area contributed by atoms with Crippen LogP contribution in [-0.2, 0) is 10.0 Å². The van der Waals surface area contributed by atoms with Crippen LogP contribution in [0.5, 0.6) is 0 Å². The SMILES string of the molecule is O=C(CS(=O)(=O)NCCNC1CC1)c1ccccc1. The van der Waals surface area contributed by atoms with E-state index in [1.165, 1.54) is 12.8 Å². The van der Waals surface area contributed by atoms with E-state index in [0.717, 1.165) is 0 Å². The third-order valence-corrected chi connectivity index (χ3v) is 4.16. The van der Waals surface area contributed by atoms with Gasteiger partial charge in [-0.25, -0.2) is 13.1 Å². The monoisotopic (exact) mass is 282 g/mol. The summed E-state index contributed by atoms with van der Waals surface area (Å²) in [6, 6.07) is 9.00. The summed E-state index contributed by atoms with van der Waals surface area (Å²) >= 11 is 0. The molecule has 6 heteroatoms. The Balaban J connectivity index is 1.77. The van der Waals surface area contributed by atoms with Gasteiger partial charge in [0.25, 0.3) is 0 Å². The van der Waals surface area contributed by atoms with Gasteiger partial charge >= 0.3 is 0 Å². The summed E-state index contributed by atoms with van der Waals surface area (Å²) < 4.78 is 25.9. The highest BCUT2D eigenvalue weighted by atomic mass is 32.2. The van der Waals surface area contributed by atoms with E-state index in [-0.39, 0.29) is 5.78 Å². The summed E-state index contributed by atoms with van der Waals surface area (Å²) in [6.45, 7) is 0.921. The van der Waals surface area contributed by atoms with Crippen molar-refractivity contribution in [2.24, 2.45) is 0 Å². The normalized spacial score (nSPS) is 15.4. The first-order chi connectivity index (χ1) is 9.07. The zero-order chi connectivity index (χ0) is 13.7. The molecule has 1 aliphatic rings. The lowest BCUT2D eigenvalue weighted by Gasteiger charge is -2.07. The van der Waals surface area contributed by atoms with Crippen molar-refractivity contribution < 1.29 is 13.2 Å². The maximum atomic E-state index is 11.8. The third kappa shape index (κ3) is 5.10. The number of sulfonamides is 1. The average Bonchev–Trinajstić information content (AvgIpc) is 3.19. The van der Waals surface area contributed by atoms with Gasteiger partial charge in [-0.2, -0.15) is 0 Å². The molecule has 2 rings (SSSR count). The maximum Gasteiger partial charge on any atom is 0.219 e. The molecule has 0 heterocycles. The minimum absolute atomic E-state index is 0.320. The van der Waals surface area contributed by atoms with Crippen molar-refractivity contribution in [2.45, 2.75) is 18.9 Å². The predicted molar refractivity (Wildman–Crippen MR) is 73.6 cm³/mol. The quantitative estimate of drug-likeness (QED) is 0.539. The maximum absolute atomic E-state index is 11.8. The molecule has 1 saturated carbocycles. The van der Waals surface area contributed by atoms with Crippen molar-refractivity contribution in [3.63, 3.8) is 0 Å². The van der Waals surface area contributed by atoms with Gasteiger partial charge in [-0.1, -0.05) is 30.3 Å². The number of rotatable bonds is 8. The van der Waals surface area contributed by atoms with E-state index in [0.29, 0.717) is 24.7 Å². The van der Waals surface area contributed by atoms with Crippen LogP contribution in [0.2, 0.25) is 0 Å². The van der Waals surface area contributed by atoms with Crippen LogP contribution < -0.4 is 10.0 Å². The van der Waals surface area contributed by atoms with Crippen molar-refractivity contribution in [2.75, 3.05) is 18.8 Å². The van der Waals surface area contributed by atoms with E-state index in [2.05, 4.69) is 10.0 Å². The molecule has 0 bridgehead atoms. The Morgan fingerprint density at radius 1 is 1.16 bits per heavy atom. The Morgan fingerprint density at radius 3 is 2.47 bits per heavy atom. The summed E-state index contributed by atoms with van der Waals surface area (Å²) in [5.41, 5.74) is 0.420. The van der Waals surface area contributed by atoms with Crippen LogP contribution in [0.15, 0.2) is 30.3 Å². The molecule has 0 aliphatic heterocycles. The summed E-state index contributed by atoms with van der Waals surface area (Å²) in [6.07, 6.45) is 2.33. The van der Waals surface area contributed by atoms with E-state index in [4.69, 9.17) is 0 Å². The number of Topliss-reactive ketones (excluding diaryl/α,β-unsaturated/α-hetero) is 1. The van der Waals surface area contributed by atoms with Crippen LogP contribution in [-0.4, -0.2) is 39.1 Å². The molecule has 19 heavy (non-hydrogen) atoms. The molecule has 0 atom stereocenters. The van der Waals surface area contributed by atoms with Gasteiger partial charge in [-0.3, -0.25) is 4.79 Å². The lowest BCUT2D eigenvalue weighted by molar-refractivity contribution is 0.102. The molecule has 1 fully saturated rings. The summed E-state index contributed by atoms with van der Waals surface area (Å²) in [4.78, 5) is 11.8. The predicted octanol–water partition coefficient (Wildman–Crippen LogP) is 0.541. The molecule has 104 valence electrons. The standard InChI is InChI=1S/C13H18N2O3S/c16-13(11-4-2-1-3-5-11)10-19(17,18)15-9-8-14-12-6-7-12/h1-5,12,14-15H,6-10H2. The largest absolute Gasteiger partial charge is 0.313 e. The van der Waals surface area contributed by atoms with Crippen molar-refractivity contribution in [3.05, 3.63) is 35.9 Å². The number of hydrogen-bond acceptors (Lipinski definition) is 4. The Kier molecular flexibility index (Phi) is 4.68. The van der Waals surface area contributed by atoms with Gasteiger partial charge < -0.3 is 5.32 Å². The van der Waals surface area contributed by atoms with Gasteiger partial charge in [-0.15, -0.1) is 0 Å². The molecule has 0 unspecified atom stereocenters. The number of carbonyl (C=O) groups is 1. The van der Waals surface area contributed by atoms with E-state index < -0.39 is 15.8 Å². The Hall–Kier alpha value is -1.24. The first-order valence-electron chi connectivity index (χ1n) is 6.36. The molecular formula is C13H18N2O3S. The van der Waals surface area contributed by atoms with Crippen LogP contribution in [0.3, 0.4) is 0 Å². The third-order valence-electron chi connectivity index (χ3n) is 2.87. The summed E-state index contributed by atoms with van der Waals surface area (Å²) in [5, 5.41) is 3.20. The molecule has 1 aromatic rings. The molecule has 0 radical (unpaired) electrons. The summed E-state index contributed by atoms with van der Waals surface area (Å²) in [7, 11) is -3.55.